The van der Waals surface area contributed by atoms with Crippen LogP contribution in [0.2, 0.25) is 0 Å². The molecule has 0 N–H and O–H groups in total. The lowest BCUT2D eigenvalue weighted by Crippen LogP contribution is -2.24. The van der Waals surface area contributed by atoms with E-state index in [-0.39, 0.29) is 11.6 Å². The predicted molar refractivity (Wildman–Crippen MR) is 52.9 cm³/mol. The smallest absolute Gasteiger partial charge is 0.270 e. The first-order chi connectivity index (χ1) is 7.16. The highest BCUT2D eigenvalue weighted by molar-refractivity contribution is 6.03. The lowest BCUT2D eigenvalue weighted by Gasteiger charge is -2.08. The molecule has 0 saturated carbocycles. The summed E-state index contributed by atoms with van der Waals surface area (Å²) in [7, 11) is 0. The number of carbonyl (C=O) groups is 1. The number of nitrogens with zero attached hydrogens (tertiary/aromatic N) is 2. The molecule has 1 aromatic rings. The summed E-state index contributed by atoms with van der Waals surface area (Å²) < 4.78 is 0. The Bertz CT molecular complexity index is 496. The maximum Gasteiger partial charge on any atom is 0.270 e. The fourth-order valence-electron chi connectivity index (χ4n) is 2.37. The molecule has 0 unspecified atom stereocenters. The summed E-state index contributed by atoms with van der Waals surface area (Å²) >= 11 is 0. The fourth-order valence-corrected chi connectivity index (χ4v) is 2.37. The van der Waals surface area contributed by atoms with E-state index in [2.05, 4.69) is 0 Å². The fraction of sp³-hybridized carbons (Fsp3) is 0.300. The van der Waals surface area contributed by atoms with Crippen LogP contribution in [0.15, 0.2) is 12.1 Å². The number of amides is 1. The van der Waals surface area contributed by atoms with Crippen molar-refractivity contribution in [2.75, 3.05) is 11.4 Å². The highest BCUT2D eigenvalue weighted by atomic mass is 16.6. The van der Waals surface area contributed by atoms with E-state index in [0.29, 0.717) is 13.0 Å². The van der Waals surface area contributed by atoms with Gasteiger partial charge in [0.1, 0.15) is 0 Å². The summed E-state index contributed by atoms with van der Waals surface area (Å²) in [5, 5.41) is 10.7. The molecule has 0 aromatic heterocycles. The van der Waals surface area contributed by atoms with E-state index in [0.717, 1.165) is 23.2 Å². The van der Waals surface area contributed by atoms with Crippen molar-refractivity contribution in [3.8, 4) is 0 Å². The molecule has 5 heteroatoms. The molecule has 76 valence electrons. The Morgan fingerprint density at radius 1 is 1.33 bits per heavy atom. The molecule has 2 aliphatic heterocycles. The summed E-state index contributed by atoms with van der Waals surface area (Å²) in [6, 6.07) is 3.10. The lowest BCUT2D eigenvalue weighted by atomic mass is 10.1. The average Bonchev–Trinajstić information content (AvgIpc) is 2.73. The van der Waals surface area contributed by atoms with Crippen molar-refractivity contribution in [2.24, 2.45) is 0 Å². The highest BCUT2D eigenvalue weighted by Crippen LogP contribution is 2.39. The molecule has 15 heavy (non-hydrogen) atoms. The molecule has 3 rings (SSSR count). The summed E-state index contributed by atoms with van der Waals surface area (Å²) in [5.74, 6) is 0.0595. The van der Waals surface area contributed by atoms with Gasteiger partial charge in [0, 0.05) is 18.7 Å². The minimum Gasteiger partial charge on any atom is -0.311 e. The number of nitro groups is 1. The second kappa shape index (κ2) is 2.56. The van der Waals surface area contributed by atoms with Crippen molar-refractivity contribution in [1.29, 1.82) is 0 Å². The molecule has 5 nitrogen and oxygen atoms in total. The molecule has 1 amide bonds. The summed E-state index contributed by atoms with van der Waals surface area (Å²) in [6.07, 6.45) is 1.04. The Kier molecular flexibility index (Phi) is 1.44. The normalized spacial score (nSPS) is 17.1. The van der Waals surface area contributed by atoms with Gasteiger partial charge in [-0.2, -0.15) is 0 Å². The van der Waals surface area contributed by atoms with Crippen LogP contribution >= 0.6 is 0 Å². The Labute approximate surface area is 85.5 Å². The number of rotatable bonds is 1. The number of carbonyl (C=O) groups excluding carboxylic acids is 1. The van der Waals surface area contributed by atoms with Gasteiger partial charge in [0.2, 0.25) is 5.91 Å². The quantitative estimate of drug-likeness (QED) is 0.507. The molecule has 1 aromatic carbocycles. The zero-order valence-electron chi connectivity index (χ0n) is 7.90. The zero-order chi connectivity index (χ0) is 10.6. The van der Waals surface area contributed by atoms with E-state index in [9.17, 15) is 14.9 Å². The second-order valence-electron chi connectivity index (χ2n) is 3.84. The van der Waals surface area contributed by atoms with Gasteiger partial charge in [-0.1, -0.05) is 0 Å². The molecular formula is C10H8N2O3. The molecule has 2 heterocycles. The Balaban J connectivity index is 2.23. The minimum atomic E-state index is -0.401. The Morgan fingerprint density at radius 2 is 2.07 bits per heavy atom. The third kappa shape index (κ3) is 1.000. The van der Waals surface area contributed by atoms with Crippen molar-refractivity contribution in [2.45, 2.75) is 12.8 Å². The maximum atomic E-state index is 11.5. The predicted octanol–water partition coefficient (Wildman–Crippen LogP) is 1.04. The number of hydrogen-bond acceptors (Lipinski definition) is 3. The first kappa shape index (κ1) is 8.40. The minimum absolute atomic E-state index is 0.0595. The van der Waals surface area contributed by atoms with Crippen molar-refractivity contribution in [1.82, 2.24) is 0 Å². The van der Waals surface area contributed by atoms with Crippen molar-refractivity contribution in [3.63, 3.8) is 0 Å². The number of anilines is 1. The lowest BCUT2D eigenvalue weighted by molar-refractivity contribution is -0.384. The van der Waals surface area contributed by atoms with Gasteiger partial charge >= 0.3 is 0 Å². The van der Waals surface area contributed by atoms with E-state index >= 15 is 0 Å². The highest BCUT2D eigenvalue weighted by Gasteiger charge is 2.35. The zero-order valence-corrected chi connectivity index (χ0v) is 7.90. The first-order valence-corrected chi connectivity index (χ1v) is 4.77. The molecule has 0 bridgehead atoms. The SMILES string of the molecule is O=C1Cc2cc([N+](=O)[O-])cc3c2N1CC3. The van der Waals surface area contributed by atoms with E-state index in [1.54, 1.807) is 11.0 Å². The number of nitro benzene ring substituents is 1. The van der Waals surface area contributed by atoms with Crippen molar-refractivity contribution < 1.29 is 9.72 Å². The molecule has 0 fully saturated rings. The summed E-state index contributed by atoms with van der Waals surface area (Å²) in [5.41, 5.74) is 2.76. The average molecular weight is 204 g/mol. The van der Waals surface area contributed by atoms with Crippen LogP contribution in [0.1, 0.15) is 11.1 Å². The van der Waals surface area contributed by atoms with Crippen LogP contribution in [0, 0.1) is 10.1 Å². The number of benzene rings is 1. The van der Waals surface area contributed by atoms with Crippen LogP contribution in [0.3, 0.4) is 0 Å². The molecule has 0 radical (unpaired) electrons. The van der Waals surface area contributed by atoms with Crippen LogP contribution in [0.4, 0.5) is 11.4 Å². The van der Waals surface area contributed by atoms with E-state index in [4.69, 9.17) is 0 Å². The van der Waals surface area contributed by atoms with Crippen LogP contribution in [-0.4, -0.2) is 17.4 Å². The number of non-ortho nitro benzene ring substituents is 1. The number of hydrogen-bond donors (Lipinski definition) is 0. The Morgan fingerprint density at radius 3 is 2.80 bits per heavy atom. The van der Waals surface area contributed by atoms with Gasteiger partial charge in [0.15, 0.2) is 0 Å². The van der Waals surface area contributed by atoms with Gasteiger partial charge in [-0.15, -0.1) is 0 Å². The van der Waals surface area contributed by atoms with Crippen LogP contribution in [0.25, 0.3) is 0 Å². The summed E-state index contributed by atoms with van der Waals surface area (Å²) in [4.78, 5) is 23.5. The molecular weight excluding hydrogens is 196 g/mol. The monoisotopic (exact) mass is 204 g/mol. The standard InChI is InChI=1S/C10H8N2O3/c13-9-5-7-4-8(12(14)15)3-6-1-2-11(9)10(6)7/h3-4H,1-2,5H2. The van der Waals surface area contributed by atoms with Crippen molar-refractivity contribution in [3.05, 3.63) is 33.4 Å². The van der Waals surface area contributed by atoms with E-state index < -0.39 is 4.92 Å². The Hall–Kier alpha value is -1.91. The van der Waals surface area contributed by atoms with Gasteiger partial charge in [-0.25, -0.2) is 0 Å². The molecule has 0 aliphatic carbocycles. The molecule has 2 aliphatic rings. The van der Waals surface area contributed by atoms with Gasteiger partial charge in [0.05, 0.1) is 17.0 Å². The van der Waals surface area contributed by atoms with Gasteiger partial charge in [-0.05, 0) is 17.5 Å². The van der Waals surface area contributed by atoms with E-state index in [1.165, 1.54) is 6.07 Å². The largest absolute Gasteiger partial charge is 0.311 e. The maximum absolute atomic E-state index is 11.5. The first-order valence-electron chi connectivity index (χ1n) is 4.77. The van der Waals surface area contributed by atoms with E-state index in [1.807, 2.05) is 0 Å². The van der Waals surface area contributed by atoms with Crippen LogP contribution < -0.4 is 4.90 Å². The molecule has 0 saturated heterocycles. The van der Waals surface area contributed by atoms with Crippen LogP contribution in [0.5, 0.6) is 0 Å². The third-order valence-corrected chi connectivity index (χ3v) is 2.98. The molecule has 0 atom stereocenters. The topological polar surface area (TPSA) is 63.4 Å². The van der Waals surface area contributed by atoms with Crippen molar-refractivity contribution >= 4 is 17.3 Å². The summed E-state index contributed by atoms with van der Waals surface area (Å²) in [6.45, 7) is 0.669. The third-order valence-electron chi connectivity index (χ3n) is 2.98. The van der Waals surface area contributed by atoms with Crippen LogP contribution in [-0.2, 0) is 17.6 Å². The van der Waals surface area contributed by atoms with Gasteiger partial charge < -0.3 is 4.90 Å². The van der Waals surface area contributed by atoms with Gasteiger partial charge in [0.25, 0.3) is 5.69 Å². The van der Waals surface area contributed by atoms with Gasteiger partial charge in [-0.3, -0.25) is 14.9 Å². The molecule has 0 spiro atoms. The second-order valence-corrected chi connectivity index (χ2v) is 3.84.